The summed E-state index contributed by atoms with van der Waals surface area (Å²) < 4.78 is 0. The molecular weight excluding hydrogens is 318 g/mol. The molecule has 23 heavy (non-hydrogen) atoms. The standard InChI is InChI=1S/C15H8ClN5O2/c16-13-3-1-10(2-4-13)9-19-20-14-5-11(7-17)12(8-18)6-15(14)21(22)23/h1-6,9,20H/b19-9+. The summed E-state index contributed by atoms with van der Waals surface area (Å²) in [5, 5.41) is 33.4. The Balaban J connectivity index is 2.31. The number of nitrogens with zero attached hydrogens (tertiary/aromatic N) is 4. The normalized spacial score (nSPS) is 10.0. The summed E-state index contributed by atoms with van der Waals surface area (Å²) in [5.74, 6) is 0. The highest BCUT2D eigenvalue weighted by atomic mass is 35.5. The van der Waals surface area contributed by atoms with Crippen molar-refractivity contribution in [1.82, 2.24) is 0 Å². The number of hydrogen-bond acceptors (Lipinski definition) is 6. The van der Waals surface area contributed by atoms with Crippen LogP contribution in [0.1, 0.15) is 16.7 Å². The number of anilines is 1. The van der Waals surface area contributed by atoms with Crippen LogP contribution in [0.4, 0.5) is 11.4 Å². The zero-order chi connectivity index (χ0) is 16.8. The van der Waals surface area contributed by atoms with Crippen molar-refractivity contribution in [2.75, 3.05) is 5.43 Å². The number of nitro benzene ring substituents is 1. The number of hydrogen-bond donors (Lipinski definition) is 1. The third-order valence-electron chi connectivity index (χ3n) is 2.84. The molecule has 0 saturated carbocycles. The van der Waals surface area contributed by atoms with E-state index in [0.29, 0.717) is 5.02 Å². The van der Waals surface area contributed by atoms with Crippen molar-refractivity contribution < 1.29 is 4.92 Å². The van der Waals surface area contributed by atoms with Crippen molar-refractivity contribution in [3.63, 3.8) is 0 Å². The van der Waals surface area contributed by atoms with Gasteiger partial charge >= 0.3 is 0 Å². The average Bonchev–Trinajstić information content (AvgIpc) is 2.55. The second kappa shape index (κ2) is 7.03. The maximum atomic E-state index is 11.1. The van der Waals surface area contributed by atoms with Gasteiger partial charge in [0.05, 0.1) is 22.3 Å². The highest BCUT2D eigenvalue weighted by molar-refractivity contribution is 6.30. The summed E-state index contributed by atoms with van der Waals surface area (Å²) in [6.45, 7) is 0. The average molecular weight is 326 g/mol. The van der Waals surface area contributed by atoms with E-state index in [-0.39, 0.29) is 22.5 Å². The number of nitrogens with one attached hydrogen (secondary N) is 1. The fraction of sp³-hybridized carbons (Fsp3) is 0. The van der Waals surface area contributed by atoms with E-state index < -0.39 is 4.92 Å². The molecule has 0 fully saturated rings. The van der Waals surface area contributed by atoms with Gasteiger partial charge in [-0.05, 0) is 23.8 Å². The Morgan fingerprint density at radius 3 is 2.35 bits per heavy atom. The van der Waals surface area contributed by atoms with Gasteiger partial charge in [-0.2, -0.15) is 15.6 Å². The Morgan fingerprint density at radius 2 is 1.78 bits per heavy atom. The van der Waals surface area contributed by atoms with Crippen LogP contribution in [0.5, 0.6) is 0 Å². The minimum Gasteiger partial charge on any atom is -0.272 e. The minimum absolute atomic E-state index is 0.0239. The van der Waals surface area contributed by atoms with Gasteiger partial charge in [0, 0.05) is 11.1 Å². The molecule has 2 rings (SSSR count). The first-order valence-electron chi connectivity index (χ1n) is 6.22. The van der Waals surface area contributed by atoms with Crippen LogP contribution in [0.25, 0.3) is 0 Å². The SMILES string of the molecule is N#Cc1cc(N/N=C/c2ccc(Cl)cc2)c([N+](=O)[O-])cc1C#N. The van der Waals surface area contributed by atoms with E-state index in [1.807, 2.05) is 6.07 Å². The van der Waals surface area contributed by atoms with Crippen molar-refractivity contribution in [2.45, 2.75) is 0 Å². The molecule has 0 radical (unpaired) electrons. The van der Waals surface area contributed by atoms with Crippen LogP contribution in [-0.2, 0) is 0 Å². The van der Waals surface area contributed by atoms with Crippen molar-refractivity contribution >= 4 is 29.2 Å². The van der Waals surface area contributed by atoms with Crippen LogP contribution in [0.3, 0.4) is 0 Å². The molecule has 8 heteroatoms. The molecule has 0 spiro atoms. The Bertz CT molecular complexity index is 863. The lowest BCUT2D eigenvalue weighted by Gasteiger charge is -2.04. The molecule has 0 heterocycles. The predicted octanol–water partition coefficient (Wildman–Crippen LogP) is 3.44. The first-order chi connectivity index (χ1) is 11.0. The molecule has 0 saturated heterocycles. The zero-order valence-electron chi connectivity index (χ0n) is 11.5. The fourth-order valence-corrected chi connectivity index (χ4v) is 1.87. The third-order valence-corrected chi connectivity index (χ3v) is 3.09. The Kier molecular flexibility index (Phi) is 4.88. The van der Waals surface area contributed by atoms with Gasteiger partial charge in [-0.1, -0.05) is 23.7 Å². The third kappa shape index (κ3) is 3.82. The van der Waals surface area contributed by atoms with Gasteiger partial charge in [-0.15, -0.1) is 0 Å². The molecule has 0 aliphatic carbocycles. The van der Waals surface area contributed by atoms with E-state index >= 15 is 0 Å². The number of halogens is 1. The summed E-state index contributed by atoms with van der Waals surface area (Å²) in [7, 11) is 0. The zero-order valence-corrected chi connectivity index (χ0v) is 12.3. The van der Waals surface area contributed by atoms with Gasteiger partial charge < -0.3 is 0 Å². The molecule has 0 unspecified atom stereocenters. The van der Waals surface area contributed by atoms with Gasteiger partial charge in [0.15, 0.2) is 0 Å². The van der Waals surface area contributed by atoms with Crippen molar-refractivity contribution in [2.24, 2.45) is 5.10 Å². The van der Waals surface area contributed by atoms with Crippen LogP contribution in [-0.4, -0.2) is 11.1 Å². The molecule has 7 nitrogen and oxygen atoms in total. The van der Waals surface area contributed by atoms with E-state index in [1.54, 1.807) is 30.3 Å². The van der Waals surface area contributed by atoms with Crippen molar-refractivity contribution in [3.8, 4) is 12.1 Å². The second-order valence-electron chi connectivity index (χ2n) is 4.32. The molecular formula is C15H8ClN5O2. The number of hydrazone groups is 1. The molecule has 0 aromatic heterocycles. The molecule has 0 aliphatic heterocycles. The van der Waals surface area contributed by atoms with Crippen LogP contribution in [0.15, 0.2) is 41.5 Å². The molecule has 2 aromatic carbocycles. The Labute approximate surface area is 136 Å². The Hall–Kier alpha value is -3.42. The monoisotopic (exact) mass is 325 g/mol. The van der Waals surface area contributed by atoms with Gasteiger partial charge in [0.2, 0.25) is 0 Å². The molecule has 0 bridgehead atoms. The number of nitro groups is 1. The summed E-state index contributed by atoms with van der Waals surface area (Å²) >= 11 is 5.77. The summed E-state index contributed by atoms with van der Waals surface area (Å²) in [6.07, 6.45) is 1.45. The topological polar surface area (TPSA) is 115 Å². The van der Waals surface area contributed by atoms with Crippen LogP contribution >= 0.6 is 11.6 Å². The lowest BCUT2D eigenvalue weighted by Crippen LogP contribution is -1.99. The van der Waals surface area contributed by atoms with E-state index in [9.17, 15) is 10.1 Å². The quantitative estimate of drug-likeness (QED) is 0.525. The van der Waals surface area contributed by atoms with E-state index in [2.05, 4.69) is 10.5 Å². The predicted molar refractivity (Wildman–Crippen MR) is 85.2 cm³/mol. The smallest absolute Gasteiger partial charge is 0.272 e. The van der Waals surface area contributed by atoms with Gasteiger partial charge in [0.25, 0.3) is 5.69 Å². The molecule has 112 valence electrons. The van der Waals surface area contributed by atoms with Crippen LogP contribution in [0.2, 0.25) is 5.02 Å². The van der Waals surface area contributed by atoms with Crippen LogP contribution in [0, 0.1) is 32.8 Å². The maximum Gasteiger partial charge on any atom is 0.295 e. The number of benzene rings is 2. The fourth-order valence-electron chi connectivity index (χ4n) is 1.74. The highest BCUT2D eigenvalue weighted by Gasteiger charge is 2.18. The number of rotatable bonds is 4. The highest BCUT2D eigenvalue weighted by Crippen LogP contribution is 2.28. The first kappa shape index (κ1) is 16.0. The van der Waals surface area contributed by atoms with E-state index in [0.717, 1.165) is 11.6 Å². The molecule has 0 aliphatic rings. The van der Waals surface area contributed by atoms with Crippen molar-refractivity contribution in [1.29, 1.82) is 10.5 Å². The Morgan fingerprint density at radius 1 is 1.17 bits per heavy atom. The first-order valence-corrected chi connectivity index (χ1v) is 6.60. The molecule has 0 atom stereocenters. The molecule has 0 amide bonds. The summed E-state index contributed by atoms with van der Waals surface area (Å²) in [6, 6.07) is 12.6. The summed E-state index contributed by atoms with van der Waals surface area (Å²) in [5.41, 5.74) is 2.90. The van der Waals surface area contributed by atoms with E-state index in [4.69, 9.17) is 22.1 Å². The van der Waals surface area contributed by atoms with Crippen molar-refractivity contribution in [3.05, 3.63) is 68.2 Å². The lowest BCUT2D eigenvalue weighted by molar-refractivity contribution is -0.384. The van der Waals surface area contributed by atoms with Gasteiger partial charge in [-0.3, -0.25) is 15.5 Å². The lowest BCUT2D eigenvalue weighted by atomic mass is 10.1. The molecule has 2 aromatic rings. The van der Waals surface area contributed by atoms with Gasteiger partial charge in [-0.25, -0.2) is 0 Å². The number of nitriles is 2. The maximum absolute atomic E-state index is 11.1. The molecule has 1 N–H and O–H groups in total. The van der Waals surface area contributed by atoms with Gasteiger partial charge in [0.1, 0.15) is 17.8 Å². The van der Waals surface area contributed by atoms with Crippen LogP contribution < -0.4 is 5.43 Å². The largest absolute Gasteiger partial charge is 0.295 e. The summed E-state index contributed by atoms with van der Waals surface area (Å²) in [4.78, 5) is 10.4. The minimum atomic E-state index is -0.651. The van der Waals surface area contributed by atoms with E-state index in [1.165, 1.54) is 12.3 Å². The second-order valence-corrected chi connectivity index (χ2v) is 4.75.